The Balaban J connectivity index is 2.03. The SMILES string of the molecule is O=C(NC1(CO)CCC1)c1cc(Br)c[nH]1. The third-order valence-corrected chi connectivity index (χ3v) is 3.34. The summed E-state index contributed by atoms with van der Waals surface area (Å²) >= 11 is 3.27. The standard InChI is InChI=1S/C10H13BrN2O2/c11-7-4-8(12-5-7)9(15)13-10(6-14)2-1-3-10/h4-5,12,14H,1-3,6H2,(H,13,15). The Morgan fingerprint density at radius 1 is 1.67 bits per heavy atom. The van der Waals surface area contributed by atoms with Crippen molar-refractivity contribution in [2.24, 2.45) is 0 Å². The second kappa shape index (κ2) is 3.98. The van der Waals surface area contributed by atoms with E-state index in [2.05, 4.69) is 26.2 Å². The molecule has 4 nitrogen and oxygen atoms in total. The number of aliphatic hydroxyl groups excluding tert-OH is 1. The summed E-state index contributed by atoms with van der Waals surface area (Å²) in [5.74, 6) is -0.158. The third-order valence-electron chi connectivity index (χ3n) is 2.88. The number of carbonyl (C=O) groups excluding carboxylic acids is 1. The molecule has 1 saturated carbocycles. The second-order valence-electron chi connectivity index (χ2n) is 3.98. The molecule has 1 aliphatic rings. The normalized spacial score (nSPS) is 18.3. The molecule has 1 heterocycles. The Hall–Kier alpha value is -0.810. The average molecular weight is 273 g/mol. The zero-order valence-electron chi connectivity index (χ0n) is 8.22. The Morgan fingerprint density at radius 2 is 2.40 bits per heavy atom. The van der Waals surface area contributed by atoms with Crippen molar-refractivity contribution in [1.29, 1.82) is 0 Å². The van der Waals surface area contributed by atoms with E-state index in [1.165, 1.54) is 0 Å². The van der Waals surface area contributed by atoms with Crippen LogP contribution in [-0.4, -0.2) is 28.1 Å². The number of nitrogens with one attached hydrogen (secondary N) is 2. The Bertz CT molecular complexity index is 366. The van der Waals surface area contributed by atoms with Gasteiger partial charge in [0, 0.05) is 10.7 Å². The van der Waals surface area contributed by atoms with Crippen LogP contribution in [0.4, 0.5) is 0 Å². The molecule has 1 aromatic rings. The molecule has 1 aliphatic carbocycles. The van der Waals surface area contributed by atoms with Gasteiger partial charge in [-0.15, -0.1) is 0 Å². The van der Waals surface area contributed by atoms with E-state index in [0.29, 0.717) is 5.69 Å². The number of H-pyrrole nitrogens is 1. The maximum absolute atomic E-state index is 11.8. The fraction of sp³-hybridized carbons (Fsp3) is 0.500. The highest BCUT2D eigenvalue weighted by Crippen LogP contribution is 2.31. The van der Waals surface area contributed by atoms with Gasteiger partial charge in [-0.3, -0.25) is 4.79 Å². The van der Waals surface area contributed by atoms with Gasteiger partial charge in [-0.25, -0.2) is 0 Å². The molecule has 0 saturated heterocycles. The van der Waals surface area contributed by atoms with Crippen LogP contribution in [0.3, 0.4) is 0 Å². The molecule has 0 spiro atoms. The smallest absolute Gasteiger partial charge is 0.268 e. The van der Waals surface area contributed by atoms with Gasteiger partial charge in [0.25, 0.3) is 5.91 Å². The molecule has 0 unspecified atom stereocenters. The van der Waals surface area contributed by atoms with Crippen molar-refractivity contribution in [2.45, 2.75) is 24.8 Å². The van der Waals surface area contributed by atoms with Crippen LogP contribution < -0.4 is 5.32 Å². The van der Waals surface area contributed by atoms with Gasteiger partial charge in [0.15, 0.2) is 0 Å². The molecule has 0 aromatic carbocycles. The van der Waals surface area contributed by atoms with Crippen LogP contribution in [-0.2, 0) is 0 Å². The quantitative estimate of drug-likeness (QED) is 0.779. The Kier molecular flexibility index (Phi) is 2.84. The van der Waals surface area contributed by atoms with Crippen molar-refractivity contribution in [3.8, 4) is 0 Å². The van der Waals surface area contributed by atoms with Crippen LogP contribution in [0.5, 0.6) is 0 Å². The minimum Gasteiger partial charge on any atom is -0.394 e. The van der Waals surface area contributed by atoms with Crippen LogP contribution in [0.15, 0.2) is 16.7 Å². The number of aromatic nitrogens is 1. The zero-order chi connectivity index (χ0) is 10.9. The van der Waals surface area contributed by atoms with E-state index in [1.54, 1.807) is 12.3 Å². The highest BCUT2D eigenvalue weighted by molar-refractivity contribution is 9.10. The van der Waals surface area contributed by atoms with E-state index in [-0.39, 0.29) is 18.1 Å². The number of aliphatic hydroxyl groups is 1. The summed E-state index contributed by atoms with van der Waals surface area (Å²) in [5, 5.41) is 12.1. The molecule has 1 amide bonds. The molecule has 82 valence electrons. The monoisotopic (exact) mass is 272 g/mol. The molecular formula is C10H13BrN2O2. The number of halogens is 1. The molecule has 0 bridgehead atoms. The molecular weight excluding hydrogens is 260 g/mol. The number of carbonyl (C=O) groups is 1. The van der Waals surface area contributed by atoms with Crippen LogP contribution in [0, 0.1) is 0 Å². The molecule has 0 atom stereocenters. The fourth-order valence-electron chi connectivity index (χ4n) is 1.73. The Labute approximate surface area is 96.2 Å². The number of hydrogen-bond acceptors (Lipinski definition) is 2. The van der Waals surface area contributed by atoms with Gasteiger partial charge in [-0.1, -0.05) is 0 Å². The number of aromatic amines is 1. The number of hydrogen-bond donors (Lipinski definition) is 3. The van der Waals surface area contributed by atoms with Crippen LogP contribution in [0.25, 0.3) is 0 Å². The number of amides is 1. The summed E-state index contributed by atoms with van der Waals surface area (Å²) in [6.07, 6.45) is 4.49. The summed E-state index contributed by atoms with van der Waals surface area (Å²) in [6, 6.07) is 1.72. The van der Waals surface area contributed by atoms with Crippen molar-refractivity contribution in [1.82, 2.24) is 10.3 Å². The minimum absolute atomic E-state index is 0.0145. The molecule has 15 heavy (non-hydrogen) atoms. The van der Waals surface area contributed by atoms with Crippen molar-refractivity contribution >= 4 is 21.8 Å². The first kappa shape index (κ1) is 10.7. The van der Waals surface area contributed by atoms with Gasteiger partial charge in [-0.2, -0.15) is 0 Å². The topological polar surface area (TPSA) is 65.1 Å². The van der Waals surface area contributed by atoms with Crippen molar-refractivity contribution in [3.05, 3.63) is 22.4 Å². The molecule has 3 N–H and O–H groups in total. The maximum atomic E-state index is 11.8. The van der Waals surface area contributed by atoms with Crippen molar-refractivity contribution < 1.29 is 9.90 Å². The highest BCUT2D eigenvalue weighted by Gasteiger charge is 2.37. The lowest BCUT2D eigenvalue weighted by Gasteiger charge is -2.40. The zero-order valence-corrected chi connectivity index (χ0v) is 9.80. The van der Waals surface area contributed by atoms with E-state index in [1.807, 2.05) is 0 Å². The van der Waals surface area contributed by atoms with Gasteiger partial charge in [0.05, 0.1) is 12.1 Å². The summed E-state index contributed by atoms with van der Waals surface area (Å²) in [5.41, 5.74) is 0.135. The molecule has 0 aliphatic heterocycles. The van der Waals surface area contributed by atoms with Gasteiger partial charge >= 0.3 is 0 Å². The number of rotatable bonds is 3. The van der Waals surface area contributed by atoms with E-state index in [9.17, 15) is 9.90 Å². The van der Waals surface area contributed by atoms with Gasteiger partial charge in [0.2, 0.25) is 0 Å². The first-order valence-corrected chi connectivity index (χ1v) is 5.72. The van der Waals surface area contributed by atoms with E-state index in [0.717, 1.165) is 23.7 Å². The third kappa shape index (κ3) is 2.08. The predicted octanol–water partition coefficient (Wildman–Crippen LogP) is 1.42. The molecule has 0 radical (unpaired) electrons. The molecule has 5 heteroatoms. The highest BCUT2D eigenvalue weighted by atomic mass is 79.9. The summed E-state index contributed by atoms with van der Waals surface area (Å²) in [4.78, 5) is 14.6. The van der Waals surface area contributed by atoms with Gasteiger partial charge in [-0.05, 0) is 41.3 Å². The van der Waals surface area contributed by atoms with Crippen molar-refractivity contribution in [3.63, 3.8) is 0 Å². The van der Waals surface area contributed by atoms with Gasteiger partial charge < -0.3 is 15.4 Å². The molecule has 1 aromatic heterocycles. The van der Waals surface area contributed by atoms with Crippen LogP contribution in [0.2, 0.25) is 0 Å². The summed E-state index contributed by atoms with van der Waals surface area (Å²) in [6.45, 7) is 0.0145. The Morgan fingerprint density at radius 3 is 2.80 bits per heavy atom. The first-order chi connectivity index (χ1) is 7.15. The van der Waals surface area contributed by atoms with E-state index >= 15 is 0 Å². The second-order valence-corrected chi connectivity index (χ2v) is 4.89. The van der Waals surface area contributed by atoms with Crippen LogP contribution >= 0.6 is 15.9 Å². The fourth-order valence-corrected chi connectivity index (χ4v) is 2.08. The van der Waals surface area contributed by atoms with E-state index < -0.39 is 0 Å². The lowest BCUT2D eigenvalue weighted by molar-refractivity contribution is 0.0638. The van der Waals surface area contributed by atoms with Crippen molar-refractivity contribution in [2.75, 3.05) is 6.61 Å². The first-order valence-electron chi connectivity index (χ1n) is 4.92. The molecule has 2 rings (SSSR count). The maximum Gasteiger partial charge on any atom is 0.268 e. The molecule has 1 fully saturated rings. The van der Waals surface area contributed by atoms with E-state index in [4.69, 9.17) is 0 Å². The van der Waals surface area contributed by atoms with Crippen LogP contribution in [0.1, 0.15) is 29.8 Å². The largest absolute Gasteiger partial charge is 0.394 e. The predicted molar refractivity (Wildman–Crippen MR) is 59.6 cm³/mol. The lowest BCUT2D eigenvalue weighted by atomic mass is 9.77. The summed E-state index contributed by atoms with van der Waals surface area (Å²) in [7, 11) is 0. The summed E-state index contributed by atoms with van der Waals surface area (Å²) < 4.78 is 0.847. The van der Waals surface area contributed by atoms with Gasteiger partial charge in [0.1, 0.15) is 5.69 Å². The minimum atomic E-state index is -0.380. The average Bonchev–Trinajstić information content (AvgIpc) is 2.58. The lowest BCUT2D eigenvalue weighted by Crippen LogP contribution is -2.56.